The first-order valence-corrected chi connectivity index (χ1v) is 18.7. The van der Waals surface area contributed by atoms with Crippen molar-refractivity contribution in [2.24, 2.45) is 0 Å². The molecule has 0 spiro atoms. The molecule has 0 unspecified atom stereocenters. The number of aromatic nitrogens is 4. The van der Waals surface area contributed by atoms with E-state index in [1.54, 1.807) is 0 Å². The van der Waals surface area contributed by atoms with Crippen LogP contribution in [0.5, 0.6) is 0 Å². The number of hydrogen-bond donors (Lipinski definition) is 2. The number of hydrogen-bond acceptors (Lipinski definition) is 2. The number of rotatable bonds is 6. The fraction of sp³-hybridized carbons (Fsp3) is 0.160. The quantitative estimate of drug-likeness (QED) is 0.181. The van der Waals surface area contributed by atoms with Crippen molar-refractivity contribution in [2.45, 2.75) is 52.4 Å². The molecule has 0 aliphatic carbocycles. The summed E-state index contributed by atoms with van der Waals surface area (Å²) >= 11 is 0. The van der Waals surface area contributed by atoms with Gasteiger partial charge < -0.3 is 9.97 Å². The van der Waals surface area contributed by atoms with Crippen LogP contribution in [0, 0.1) is 0 Å². The van der Waals surface area contributed by atoms with Crippen molar-refractivity contribution in [3.8, 4) is 67.8 Å². The lowest BCUT2D eigenvalue weighted by atomic mass is 9.87. The number of benzene rings is 6. The first kappa shape index (κ1) is 36.1. The third-order valence-corrected chi connectivity index (χ3v) is 9.68. The Hall–Kier alpha value is -6.26. The summed E-state index contributed by atoms with van der Waals surface area (Å²) in [6.07, 6.45) is 0. The predicted molar refractivity (Wildman–Crippen MR) is 227 cm³/mol. The molecule has 0 atom stereocenters. The van der Waals surface area contributed by atoms with Crippen molar-refractivity contribution in [3.63, 3.8) is 0 Å². The fourth-order valence-electron chi connectivity index (χ4n) is 6.51. The molecule has 0 aliphatic heterocycles. The Labute approximate surface area is 320 Å². The molecule has 0 amide bonds. The third kappa shape index (κ3) is 8.19. The molecule has 4 nitrogen and oxygen atoms in total. The monoisotopic (exact) mass is 704 g/mol. The summed E-state index contributed by atoms with van der Waals surface area (Å²) in [5.74, 6) is 1.79. The van der Waals surface area contributed by atoms with Crippen LogP contribution in [-0.4, -0.2) is 19.9 Å². The van der Waals surface area contributed by atoms with Gasteiger partial charge in [-0.1, -0.05) is 211 Å². The second kappa shape index (κ2) is 15.4. The number of imidazole rings is 2. The lowest BCUT2D eigenvalue weighted by Crippen LogP contribution is -2.10. The highest BCUT2D eigenvalue weighted by molar-refractivity contribution is 5.82. The molecule has 4 heteroatoms. The summed E-state index contributed by atoms with van der Waals surface area (Å²) in [6, 6.07) is 58.9. The van der Waals surface area contributed by atoms with E-state index in [1.165, 1.54) is 11.1 Å². The average molecular weight is 705 g/mol. The molecule has 8 aromatic rings. The molecule has 2 heterocycles. The van der Waals surface area contributed by atoms with Gasteiger partial charge in [0.05, 0.1) is 22.8 Å². The predicted octanol–water partition coefficient (Wildman–Crippen LogP) is 13.4. The van der Waals surface area contributed by atoms with E-state index < -0.39 is 0 Å². The molecular formula is C50H48N4. The van der Waals surface area contributed by atoms with Crippen molar-refractivity contribution < 1.29 is 0 Å². The zero-order valence-electron chi connectivity index (χ0n) is 32.1. The minimum absolute atomic E-state index is 0.145. The summed E-state index contributed by atoms with van der Waals surface area (Å²) in [4.78, 5) is 17.0. The van der Waals surface area contributed by atoms with E-state index in [2.05, 4.69) is 197 Å². The largest absolute Gasteiger partial charge is 0.337 e. The molecule has 0 bridgehead atoms. The molecule has 0 saturated heterocycles. The Morgan fingerprint density at radius 1 is 0.315 bits per heavy atom. The van der Waals surface area contributed by atoms with Crippen LogP contribution >= 0.6 is 0 Å². The van der Waals surface area contributed by atoms with Gasteiger partial charge in [0.25, 0.3) is 0 Å². The van der Waals surface area contributed by atoms with Gasteiger partial charge in [-0.2, -0.15) is 0 Å². The third-order valence-electron chi connectivity index (χ3n) is 9.68. The Morgan fingerprint density at radius 2 is 0.593 bits per heavy atom. The smallest absolute Gasteiger partial charge is 0.138 e. The van der Waals surface area contributed by atoms with Crippen molar-refractivity contribution in [1.29, 1.82) is 0 Å². The Bertz CT molecular complexity index is 2100. The van der Waals surface area contributed by atoms with E-state index in [9.17, 15) is 0 Å². The molecule has 8 rings (SSSR count). The molecule has 2 aromatic heterocycles. The number of nitrogens with zero attached hydrogens (tertiary/aromatic N) is 2. The van der Waals surface area contributed by atoms with Gasteiger partial charge in [-0.05, 0) is 22.0 Å². The summed E-state index contributed by atoms with van der Waals surface area (Å²) in [5.41, 5.74) is 13.7. The van der Waals surface area contributed by atoms with Crippen LogP contribution < -0.4 is 0 Å². The lowest BCUT2D eigenvalue weighted by Gasteiger charge is -2.18. The van der Waals surface area contributed by atoms with Crippen LogP contribution in [0.1, 0.15) is 52.7 Å². The fourth-order valence-corrected chi connectivity index (χ4v) is 6.51. The van der Waals surface area contributed by atoms with E-state index >= 15 is 0 Å². The van der Waals surface area contributed by atoms with Crippen LogP contribution in [-0.2, 0) is 10.8 Å². The van der Waals surface area contributed by atoms with Crippen LogP contribution in [0.25, 0.3) is 67.8 Å². The highest BCUT2D eigenvalue weighted by Gasteiger charge is 2.19. The molecule has 6 aromatic carbocycles. The van der Waals surface area contributed by atoms with Gasteiger partial charge in [0, 0.05) is 33.4 Å². The Kier molecular flexibility index (Phi) is 10.3. The molecule has 2 N–H and O–H groups in total. The van der Waals surface area contributed by atoms with Gasteiger partial charge in [-0.25, -0.2) is 9.97 Å². The van der Waals surface area contributed by atoms with Crippen LogP contribution in [0.15, 0.2) is 170 Å². The second-order valence-electron chi connectivity index (χ2n) is 15.7. The van der Waals surface area contributed by atoms with Gasteiger partial charge in [0.15, 0.2) is 0 Å². The molecule has 0 aliphatic rings. The van der Waals surface area contributed by atoms with Crippen molar-refractivity contribution in [1.82, 2.24) is 19.9 Å². The summed E-state index contributed by atoms with van der Waals surface area (Å²) in [7, 11) is 0. The van der Waals surface area contributed by atoms with Gasteiger partial charge >= 0.3 is 0 Å². The Balaban J connectivity index is 0.000000167. The molecule has 0 radical (unpaired) electrons. The minimum atomic E-state index is 0.145. The maximum Gasteiger partial charge on any atom is 0.138 e. The maximum absolute atomic E-state index is 4.96. The molecule has 0 fully saturated rings. The zero-order chi connectivity index (χ0) is 37.7. The Morgan fingerprint density at radius 3 is 0.870 bits per heavy atom. The van der Waals surface area contributed by atoms with Gasteiger partial charge in [-0.3, -0.25) is 0 Å². The molecule has 0 saturated carbocycles. The summed E-state index contributed by atoms with van der Waals surface area (Å²) in [6.45, 7) is 13.4. The van der Waals surface area contributed by atoms with Crippen LogP contribution in [0.2, 0.25) is 0 Å². The van der Waals surface area contributed by atoms with Crippen molar-refractivity contribution in [3.05, 3.63) is 181 Å². The normalized spacial score (nSPS) is 11.5. The maximum atomic E-state index is 4.96. The van der Waals surface area contributed by atoms with Crippen LogP contribution in [0.3, 0.4) is 0 Å². The highest BCUT2D eigenvalue weighted by Crippen LogP contribution is 2.35. The highest BCUT2D eigenvalue weighted by atomic mass is 14.9. The minimum Gasteiger partial charge on any atom is -0.337 e. The van der Waals surface area contributed by atoms with E-state index in [1.807, 2.05) is 24.3 Å². The SMILES string of the molecule is CC(C)(C)c1ccc(-c2nc(-c3ccccc3)c(-c3ccccc3)[nH]2)cc1.CC(C)(C)c1ccc(-c2nc(-c3ccccc3)c(-c3ccccc3)[nH]2)cc1. The van der Waals surface area contributed by atoms with E-state index in [0.29, 0.717) is 0 Å². The summed E-state index contributed by atoms with van der Waals surface area (Å²) in [5, 5.41) is 0. The first-order chi connectivity index (χ1) is 26.0. The van der Waals surface area contributed by atoms with Crippen LogP contribution in [0.4, 0.5) is 0 Å². The standard InChI is InChI=1S/2C25H24N2/c2*1-25(2,3)21-16-14-20(15-17-21)24-26-22(18-10-6-4-7-11-18)23(27-24)19-12-8-5-9-13-19/h2*4-17H,1-3H3,(H,26,27). The second-order valence-corrected chi connectivity index (χ2v) is 15.7. The van der Waals surface area contributed by atoms with E-state index in [4.69, 9.17) is 9.97 Å². The molecule has 54 heavy (non-hydrogen) atoms. The van der Waals surface area contributed by atoms with Crippen molar-refractivity contribution >= 4 is 0 Å². The first-order valence-electron chi connectivity index (χ1n) is 18.7. The van der Waals surface area contributed by atoms with Gasteiger partial charge in [-0.15, -0.1) is 0 Å². The van der Waals surface area contributed by atoms with Crippen molar-refractivity contribution in [2.75, 3.05) is 0 Å². The van der Waals surface area contributed by atoms with Gasteiger partial charge in [0.1, 0.15) is 11.6 Å². The number of nitrogens with one attached hydrogen (secondary N) is 2. The number of aromatic amines is 2. The van der Waals surface area contributed by atoms with E-state index in [-0.39, 0.29) is 10.8 Å². The van der Waals surface area contributed by atoms with E-state index in [0.717, 1.165) is 67.8 Å². The number of H-pyrrole nitrogens is 2. The average Bonchev–Trinajstić information content (AvgIpc) is 3.86. The lowest BCUT2D eigenvalue weighted by molar-refractivity contribution is 0.590. The van der Waals surface area contributed by atoms with Gasteiger partial charge in [0.2, 0.25) is 0 Å². The molecular weight excluding hydrogens is 657 g/mol. The summed E-state index contributed by atoms with van der Waals surface area (Å²) < 4.78 is 0. The topological polar surface area (TPSA) is 57.4 Å². The molecule has 268 valence electrons. The zero-order valence-corrected chi connectivity index (χ0v) is 32.1.